The molecular formula is C15H13ClO3S. The fourth-order valence-electron chi connectivity index (χ4n) is 1.85. The van der Waals surface area contributed by atoms with E-state index in [0.29, 0.717) is 10.6 Å². The summed E-state index contributed by atoms with van der Waals surface area (Å²) in [6, 6.07) is 12.2. The van der Waals surface area contributed by atoms with Gasteiger partial charge < -0.3 is 5.11 Å². The van der Waals surface area contributed by atoms with Crippen molar-refractivity contribution in [2.75, 3.05) is 0 Å². The number of hydrogen-bond acceptors (Lipinski definition) is 2. The fourth-order valence-corrected chi connectivity index (χ4v) is 3.16. The Labute approximate surface area is 124 Å². The van der Waals surface area contributed by atoms with Gasteiger partial charge in [0.2, 0.25) is 0 Å². The molecule has 0 aliphatic carbocycles. The molecule has 1 atom stereocenters. The molecule has 0 bridgehead atoms. The molecule has 0 aliphatic rings. The van der Waals surface area contributed by atoms with Crippen LogP contribution in [0.15, 0.2) is 47.4 Å². The second-order valence-electron chi connectivity index (χ2n) is 4.43. The molecule has 0 saturated carbocycles. The molecular weight excluding hydrogens is 296 g/mol. The molecule has 0 radical (unpaired) electrons. The maximum Gasteiger partial charge on any atom is 0.337 e. The summed E-state index contributed by atoms with van der Waals surface area (Å²) < 4.78 is 12.3. The highest BCUT2D eigenvalue weighted by Crippen LogP contribution is 2.21. The van der Waals surface area contributed by atoms with Crippen molar-refractivity contribution in [2.24, 2.45) is 0 Å². The molecule has 5 heteroatoms. The van der Waals surface area contributed by atoms with Crippen molar-refractivity contribution in [1.29, 1.82) is 0 Å². The zero-order valence-electron chi connectivity index (χ0n) is 10.8. The Morgan fingerprint density at radius 2 is 2.00 bits per heavy atom. The van der Waals surface area contributed by atoms with Gasteiger partial charge in [-0.25, -0.2) is 4.79 Å². The van der Waals surface area contributed by atoms with Crippen molar-refractivity contribution in [1.82, 2.24) is 0 Å². The average Bonchev–Trinajstić information content (AvgIpc) is 2.38. The first-order chi connectivity index (χ1) is 9.47. The number of carbonyl (C=O) groups is 1. The normalized spacial score (nSPS) is 12.1. The molecule has 2 aromatic carbocycles. The maximum absolute atomic E-state index is 12.3. The highest BCUT2D eigenvalue weighted by Gasteiger charge is 2.13. The molecule has 0 spiro atoms. The van der Waals surface area contributed by atoms with Gasteiger partial charge in [0.05, 0.1) is 27.1 Å². The Balaban J connectivity index is 2.26. The zero-order valence-corrected chi connectivity index (χ0v) is 12.4. The van der Waals surface area contributed by atoms with E-state index in [1.165, 1.54) is 12.1 Å². The van der Waals surface area contributed by atoms with Crippen LogP contribution in [0.5, 0.6) is 0 Å². The van der Waals surface area contributed by atoms with Crippen molar-refractivity contribution in [3.05, 3.63) is 64.2 Å². The molecule has 1 unspecified atom stereocenters. The predicted molar refractivity (Wildman–Crippen MR) is 79.7 cm³/mol. The van der Waals surface area contributed by atoms with Gasteiger partial charge in [-0.2, -0.15) is 0 Å². The minimum Gasteiger partial charge on any atom is -0.478 e. The maximum atomic E-state index is 12.3. The van der Waals surface area contributed by atoms with Crippen molar-refractivity contribution >= 4 is 28.4 Å². The van der Waals surface area contributed by atoms with Crippen LogP contribution < -0.4 is 0 Å². The Bertz CT molecular complexity index is 683. The summed E-state index contributed by atoms with van der Waals surface area (Å²) in [6.07, 6.45) is 0. The van der Waals surface area contributed by atoms with E-state index in [1.54, 1.807) is 6.07 Å². The van der Waals surface area contributed by atoms with Gasteiger partial charge in [-0.05, 0) is 30.7 Å². The lowest BCUT2D eigenvalue weighted by Gasteiger charge is -2.06. The van der Waals surface area contributed by atoms with E-state index in [1.807, 2.05) is 31.2 Å². The third-order valence-electron chi connectivity index (χ3n) is 2.81. The number of aromatic carboxylic acids is 1. The first-order valence-electron chi connectivity index (χ1n) is 5.94. The van der Waals surface area contributed by atoms with E-state index in [0.717, 1.165) is 11.1 Å². The van der Waals surface area contributed by atoms with Gasteiger partial charge in [-0.1, -0.05) is 41.4 Å². The fraction of sp³-hybridized carbons (Fsp3) is 0.133. The average molecular weight is 309 g/mol. The van der Waals surface area contributed by atoms with E-state index in [2.05, 4.69) is 0 Å². The second-order valence-corrected chi connectivity index (χ2v) is 6.28. The molecule has 0 aromatic heterocycles. The number of carboxylic acids is 1. The van der Waals surface area contributed by atoms with Crippen LogP contribution >= 0.6 is 11.6 Å². The number of halogens is 1. The lowest BCUT2D eigenvalue weighted by Crippen LogP contribution is -2.02. The highest BCUT2D eigenvalue weighted by atomic mass is 35.5. The smallest absolute Gasteiger partial charge is 0.337 e. The van der Waals surface area contributed by atoms with Crippen LogP contribution in [0.2, 0.25) is 5.02 Å². The van der Waals surface area contributed by atoms with Crippen LogP contribution in [0.3, 0.4) is 0 Å². The van der Waals surface area contributed by atoms with Crippen molar-refractivity contribution < 1.29 is 14.1 Å². The second kappa shape index (κ2) is 6.20. The third kappa shape index (κ3) is 3.46. The summed E-state index contributed by atoms with van der Waals surface area (Å²) in [5.74, 6) is -0.771. The summed E-state index contributed by atoms with van der Waals surface area (Å²) in [6.45, 7) is 1.97. The molecule has 0 saturated heterocycles. The molecule has 20 heavy (non-hydrogen) atoms. The van der Waals surface area contributed by atoms with Crippen LogP contribution in [0.1, 0.15) is 21.5 Å². The van der Waals surface area contributed by atoms with Gasteiger partial charge in [0.25, 0.3) is 0 Å². The van der Waals surface area contributed by atoms with Crippen LogP contribution in [-0.4, -0.2) is 15.3 Å². The Kier molecular flexibility index (Phi) is 4.57. The predicted octanol–water partition coefficient (Wildman–Crippen LogP) is 3.65. The first kappa shape index (κ1) is 14.8. The summed E-state index contributed by atoms with van der Waals surface area (Å²) in [7, 11) is -1.30. The number of carboxylic acid groups (broad SMARTS) is 1. The number of aryl methyl sites for hydroxylation is 1. The van der Waals surface area contributed by atoms with E-state index in [9.17, 15) is 9.00 Å². The Morgan fingerprint density at radius 1 is 1.25 bits per heavy atom. The van der Waals surface area contributed by atoms with E-state index >= 15 is 0 Å². The van der Waals surface area contributed by atoms with Gasteiger partial charge in [0.1, 0.15) is 0 Å². The largest absolute Gasteiger partial charge is 0.478 e. The Hall–Kier alpha value is -1.65. The lowest BCUT2D eigenvalue weighted by atomic mass is 10.2. The third-order valence-corrected chi connectivity index (χ3v) is 4.52. The number of hydrogen-bond donors (Lipinski definition) is 1. The molecule has 3 nitrogen and oxygen atoms in total. The van der Waals surface area contributed by atoms with Crippen LogP contribution in [0, 0.1) is 6.92 Å². The van der Waals surface area contributed by atoms with Crippen LogP contribution in [-0.2, 0) is 16.6 Å². The van der Waals surface area contributed by atoms with Gasteiger partial charge in [-0.15, -0.1) is 0 Å². The minimum absolute atomic E-state index is 0.0261. The molecule has 2 rings (SSSR count). The minimum atomic E-state index is -1.30. The van der Waals surface area contributed by atoms with Gasteiger partial charge >= 0.3 is 5.97 Å². The Morgan fingerprint density at radius 3 is 2.65 bits per heavy atom. The zero-order chi connectivity index (χ0) is 14.7. The number of benzene rings is 2. The molecule has 0 fully saturated rings. The molecule has 104 valence electrons. The SMILES string of the molecule is Cc1cccc(CS(=O)c2ccc(Cl)c(C(=O)O)c2)c1. The topological polar surface area (TPSA) is 54.4 Å². The first-order valence-corrected chi connectivity index (χ1v) is 7.64. The van der Waals surface area contributed by atoms with Crippen molar-refractivity contribution in [3.8, 4) is 0 Å². The van der Waals surface area contributed by atoms with E-state index in [4.69, 9.17) is 16.7 Å². The number of rotatable bonds is 4. The summed E-state index contributed by atoms with van der Waals surface area (Å²) >= 11 is 5.80. The molecule has 0 aliphatic heterocycles. The van der Waals surface area contributed by atoms with Gasteiger partial charge in [0.15, 0.2) is 0 Å². The standard InChI is InChI=1S/C15H13ClO3S/c1-10-3-2-4-11(7-10)9-20(19)12-5-6-14(16)13(8-12)15(17)18/h2-8H,9H2,1H3,(H,17,18). The summed E-state index contributed by atoms with van der Waals surface area (Å²) in [5, 5.41) is 9.16. The van der Waals surface area contributed by atoms with Crippen LogP contribution in [0.4, 0.5) is 0 Å². The van der Waals surface area contributed by atoms with Gasteiger partial charge in [0, 0.05) is 4.90 Å². The monoisotopic (exact) mass is 308 g/mol. The quantitative estimate of drug-likeness (QED) is 0.938. The summed E-state index contributed by atoms with van der Waals surface area (Å²) in [4.78, 5) is 11.5. The van der Waals surface area contributed by atoms with Crippen molar-refractivity contribution in [3.63, 3.8) is 0 Å². The molecule has 0 heterocycles. The lowest BCUT2D eigenvalue weighted by molar-refractivity contribution is 0.0697. The van der Waals surface area contributed by atoms with Gasteiger partial charge in [-0.3, -0.25) is 4.21 Å². The molecule has 1 N–H and O–H groups in total. The highest BCUT2D eigenvalue weighted by molar-refractivity contribution is 7.84. The molecule has 2 aromatic rings. The van der Waals surface area contributed by atoms with E-state index in [-0.39, 0.29) is 10.6 Å². The van der Waals surface area contributed by atoms with Crippen LogP contribution in [0.25, 0.3) is 0 Å². The van der Waals surface area contributed by atoms with Crippen molar-refractivity contribution in [2.45, 2.75) is 17.6 Å². The summed E-state index contributed by atoms with van der Waals surface area (Å²) in [5.41, 5.74) is 2.03. The molecule has 0 amide bonds. The van der Waals surface area contributed by atoms with E-state index < -0.39 is 16.8 Å².